The molecule has 0 spiro atoms. The number of esters is 1. The first-order valence-electron chi connectivity index (χ1n) is 7.99. The highest BCUT2D eigenvalue weighted by atomic mass is 16.5. The van der Waals surface area contributed by atoms with E-state index in [0.717, 1.165) is 16.5 Å². The molecule has 134 valence electrons. The Kier molecular flexibility index (Phi) is 4.88. The molecule has 0 aliphatic carbocycles. The average Bonchev–Trinajstić information content (AvgIpc) is 3.05. The van der Waals surface area contributed by atoms with Gasteiger partial charge in [-0.15, -0.1) is 0 Å². The van der Waals surface area contributed by atoms with Crippen LogP contribution in [0.3, 0.4) is 0 Å². The third-order valence-corrected chi connectivity index (χ3v) is 3.82. The molecular weight excluding hydrogens is 336 g/mol. The van der Waals surface area contributed by atoms with Crippen LogP contribution in [0.2, 0.25) is 0 Å². The molecule has 2 aromatic carbocycles. The van der Waals surface area contributed by atoms with Crippen LogP contribution >= 0.6 is 0 Å². The first-order chi connectivity index (χ1) is 12.5. The minimum atomic E-state index is -0.980. The van der Waals surface area contributed by atoms with E-state index in [2.05, 4.69) is 10.5 Å². The lowest BCUT2D eigenvalue weighted by Crippen LogP contribution is -2.30. The van der Waals surface area contributed by atoms with Gasteiger partial charge in [-0.2, -0.15) is 0 Å². The van der Waals surface area contributed by atoms with E-state index in [1.54, 1.807) is 38.3 Å². The molecule has 3 rings (SSSR count). The number of fused-ring (bicyclic) bond motifs is 1. The summed E-state index contributed by atoms with van der Waals surface area (Å²) in [7, 11) is 1.60. The zero-order valence-corrected chi connectivity index (χ0v) is 14.6. The SMILES string of the molecule is COc1ccc2cc(C(=O)OC(C)C(=O)Nc3cc(C)on3)ccc2c1. The van der Waals surface area contributed by atoms with E-state index in [4.69, 9.17) is 14.0 Å². The van der Waals surface area contributed by atoms with Crippen LogP contribution in [0.5, 0.6) is 5.75 Å². The fraction of sp³-hybridized carbons (Fsp3) is 0.211. The van der Waals surface area contributed by atoms with Crippen molar-refractivity contribution in [2.75, 3.05) is 12.4 Å². The summed E-state index contributed by atoms with van der Waals surface area (Å²) < 4.78 is 15.3. The summed E-state index contributed by atoms with van der Waals surface area (Å²) in [5.41, 5.74) is 0.361. The van der Waals surface area contributed by atoms with Crippen LogP contribution in [0, 0.1) is 6.92 Å². The van der Waals surface area contributed by atoms with Crippen LogP contribution in [0.15, 0.2) is 47.0 Å². The fourth-order valence-corrected chi connectivity index (χ4v) is 2.41. The van der Waals surface area contributed by atoms with Crippen molar-refractivity contribution >= 4 is 28.5 Å². The molecule has 0 fully saturated rings. The monoisotopic (exact) mass is 354 g/mol. The molecule has 3 aromatic rings. The van der Waals surface area contributed by atoms with Crippen molar-refractivity contribution < 1.29 is 23.6 Å². The summed E-state index contributed by atoms with van der Waals surface area (Å²) in [6.07, 6.45) is -0.980. The molecule has 1 N–H and O–H groups in total. The van der Waals surface area contributed by atoms with Crippen molar-refractivity contribution in [1.29, 1.82) is 0 Å². The third-order valence-electron chi connectivity index (χ3n) is 3.82. The lowest BCUT2D eigenvalue weighted by molar-refractivity contribution is -0.123. The number of ether oxygens (including phenoxy) is 2. The van der Waals surface area contributed by atoms with Gasteiger partial charge in [0.1, 0.15) is 11.5 Å². The number of amides is 1. The molecule has 1 aromatic heterocycles. The van der Waals surface area contributed by atoms with Crippen molar-refractivity contribution in [1.82, 2.24) is 5.16 Å². The number of anilines is 1. The molecule has 1 heterocycles. The van der Waals surface area contributed by atoms with Gasteiger partial charge in [-0.1, -0.05) is 17.3 Å². The van der Waals surface area contributed by atoms with E-state index in [-0.39, 0.29) is 5.82 Å². The normalized spacial score (nSPS) is 11.8. The van der Waals surface area contributed by atoms with Gasteiger partial charge in [0.05, 0.1) is 12.7 Å². The summed E-state index contributed by atoms with van der Waals surface area (Å²) in [6, 6.07) is 12.3. The maximum absolute atomic E-state index is 12.3. The van der Waals surface area contributed by atoms with E-state index >= 15 is 0 Å². The van der Waals surface area contributed by atoms with Crippen molar-refractivity contribution in [2.45, 2.75) is 20.0 Å². The number of rotatable bonds is 5. The number of methoxy groups -OCH3 is 1. The number of benzene rings is 2. The molecule has 1 amide bonds. The number of carbonyl (C=O) groups excluding carboxylic acids is 2. The Labute approximate surface area is 149 Å². The van der Waals surface area contributed by atoms with E-state index in [1.165, 1.54) is 6.92 Å². The number of nitrogens with zero attached hydrogens (tertiary/aromatic N) is 1. The molecule has 26 heavy (non-hydrogen) atoms. The zero-order chi connectivity index (χ0) is 18.7. The standard InChI is InChI=1S/C19H18N2O5/c1-11-8-17(21-26-11)20-18(22)12(2)25-19(23)15-5-4-14-10-16(24-3)7-6-13(14)9-15/h4-10,12H,1-3H3,(H,20,21,22). The minimum absolute atomic E-state index is 0.273. The molecule has 0 saturated carbocycles. The van der Waals surface area contributed by atoms with Gasteiger partial charge in [-0.25, -0.2) is 4.79 Å². The summed E-state index contributed by atoms with van der Waals surface area (Å²) in [6.45, 7) is 3.20. The van der Waals surface area contributed by atoms with Crippen molar-refractivity contribution in [2.24, 2.45) is 0 Å². The number of aromatic nitrogens is 1. The zero-order valence-electron chi connectivity index (χ0n) is 14.6. The van der Waals surface area contributed by atoms with E-state index in [0.29, 0.717) is 11.3 Å². The largest absolute Gasteiger partial charge is 0.497 e. The van der Waals surface area contributed by atoms with Gasteiger partial charge in [0.2, 0.25) is 0 Å². The molecule has 0 bridgehead atoms. The van der Waals surface area contributed by atoms with Gasteiger partial charge in [0.15, 0.2) is 11.9 Å². The van der Waals surface area contributed by atoms with Gasteiger partial charge in [-0.3, -0.25) is 4.79 Å². The summed E-state index contributed by atoms with van der Waals surface area (Å²) in [5, 5.41) is 8.00. The second-order valence-corrected chi connectivity index (χ2v) is 5.79. The Bertz CT molecular complexity index is 963. The fourth-order valence-electron chi connectivity index (χ4n) is 2.41. The first-order valence-corrected chi connectivity index (χ1v) is 7.99. The minimum Gasteiger partial charge on any atom is -0.497 e. The molecule has 7 nitrogen and oxygen atoms in total. The maximum atomic E-state index is 12.3. The Hall–Kier alpha value is -3.35. The van der Waals surface area contributed by atoms with Gasteiger partial charge >= 0.3 is 5.97 Å². The Morgan fingerprint density at radius 1 is 1.12 bits per heavy atom. The van der Waals surface area contributed by atoms with Crippen molar-refractivity contribution in [3.63, 3.8) is 0 Å². The second kappa shape index (κ2) is 7.26. The van der Waals surface area contributed by atoms with Crippen LogP contribution in [-0.4, -0.2) is 30.2 Å². The third kappa shape index (κ3) is 3.83. The smallest absolute Gasteiger partial charge is 0.338 e. The average molecular weight is 354 g/mol. The lowest BCUT2D eigenvalue weighted by atomic mass is 10.1. The van der Waals surface area contributed by atoms with Gasteiger partial charge in [0, 0.05) is 6.07 Å². The predicted molar refractivity (Wildman–Crippen MR) is 95.2 cm³/mol. The van der Waals surface area contributed by atoms with Crippen LogP contribution in [0.4, 0.5) is 5.82 Å². The van der Waals surface area contributed by atoms with Crippen molar-refractivity contribution in [3.05, 3.63) is 53.8 Å². The van der Waals surface area contributed by atoms with Gasteiger partial charge < -0.3 is 19.3 Å². The van der Waals surface area contributed by atoms with E-state index in [9.17, 15) is 9.59 Å². The predicted octanol–water partition coefficient (Wildman–Crippen LogP) is 3.33. The lowest BCUT2D eigenvalue weighted by Gasteiger charge is -2.12. The number of carbonyl (C=O) groups is 2. The summed E-state index contributed by atoms with van der Waals surface area (Å²) in [5.74, 6) is 0.507. The summed E-state index contributed by atoms with van der Waals surface area (Å²) >= 11 is 0. The van der Waals surface area contributed by atoms with Gasteiger partial charge in [-0.05, 0) is 48.9 Å². The van der Waals surface area contributed by atoms with Crippen LogP contribution in [0.1, 0.15) is 23.0 Å². The molecule has 7 heteroatoms. The molecular formula is C19H18N2O5. The van der Waals surface area contributed by atoms with Crippen LogP contribution < -0.4 is 10.1 Å². The highest BCUT2D eigenvalue weighted by Gasteiger charge is 2.20. The van der Waals surface area contributed by atoms with Gasteiger partial charge in [0.25, 0.3) is 5.91 Å². The highest BCUT2D eigenvalue weighted by Crippen LogP contribution is 2.22. The number of nitrogens with one attached hydrogen (secondary N) is 1. The van der Waals surface area contributed by atoms with Crippen LogP contribution in [-0.2, 0) is 9.53 Å². The Morgan fingerprint density at radius 3 is 2.54 bits per heavy atom. The van der Waals surface area contributed by atoms with E-state index in [1.807, 2.05) is 18.2 Å². The summed E-state index contributed by atoms with van der Waals surface area (Å²) in [4.78, 5) is 24.4. The molecule has 1 unspecified atom stereocenters. The number of hydrogen-bond acceptors (Lipinski definition) is 6. The quantitative estimate of drug-likeness (QED) is 0.707. The highest BCUT2D eigenvalue weighted by molar-refractivity contribution is 5.99. The molecule has 0 radical (unpaired) electrons. The topological polar surface area (TPSA) is 90.7 Å². The van der Waals surface area contributed by atoms with Crippen LogP contribution in [0.25, 0.3) is 10.8 Å². The second-order valence-electron chi connectivity index (χ2n) is 5.79. The van der Waals surface area contributed by atoms with Crippen molar-refractivity contribution in [3.8, 4) is 5.75 Å². The molecule has 1 atom stereocenters. The number of hydrogen-bond donors (Lipinski definition) is 1. The molecule has 0 saturated heterocycles. The molecule has 0 aliphatic heterocycles. The Morgan fingerprint density at radius 2 is 1.85 bits per heavy atom. The first kappa shape index (κ1) is 17.5. The Balaban J connectivity index is 1.68. The maximum Gasteiger partial charge on any atom is 0.338 e. The number of aryl methyl sites for hydroxylation is 1. The molecule has 0 aliphatic rings. The van der Waals surface area contributed by atoms with E-state index < -0.39 is 18.0 Å².